The molecule has 0 radical (unpaired) electrons. The van der Waals surface area contributed by atoms with Crippen molar-refractivity contribution in [2.45, 2.75) is 19.1 Å². The Bertz CT molecular complexity index is 659. The van der Waals surface area contributed by atoms with E-state index >= 15 is 0 Å². The van der Waals surface area contributed by atoms with Crippen molar-refractivity contribution in [3.8, 4) is 0 Å². The summed E-state index contributed by atoms with van der Waals surface area (Å²) in [5, 5.41) is 11.8. The molecule has 0 bridgehead atoms. The molecule has 1 aromatic rings. The van der Waals surface area contributed by atoms with Crippen molar-refractivity contribution in [1.82, 2.24) is 5.32 Å². The number of carboxylic acids is 1. The number of carboxylic acid groups (broad SMARTS) is 1. The summed E-state index contributed by atoms with van der Waals surface area (Å²) in [7, 11) is 3.44. The highest BCUT2D eigenvalue weighted by atomic mass is 16.5. The lowest BCUT2D eigenvalue weighted by Gasteiger charge is -2.27. The van der Waals surface area contributed by atoms with Crippen LogP contribution >= 0.6 is 0 Å². The van der Waals surface area contributed by atoms with Crippen LogP contribution in [-0.2, 0) is 33.4 Å². The molecule has 1 aromatic carbocycles. The van der Waals surface area contributed by atoms with Gasteiger partial charge in [-0.2, -0.15) is 0 Å². The maximum atomic E-state index is 12.6. The molecular weight excluding hydrogens is 358 g/mol. The Kier molecular flexibility index (Phi) is 8.40. The smallest absolute Gasteiger partial charge is 0.326 e. The molecule has 9 heteroatoms. The summed E-state index contributed by atoms with van der Waals surface area (Å²) in [5.74, 6) is -6.71. The van der Waals surface area contributed by atoms with E-state index in [1.807, 2.05) is 0 Å². The average Bonchev–Trinajstić information content (AvgIpc) is 2.66. The van der Waals surface area contributed by atoms with E-state index in [1.54, 1.807) is 30.3 Å². The molecule has 0 fully saturated rings. The first-order valence-electron chi connectivity index (χ1n) is 8.05. The number of aliphatic carboxylic acids is 1. The first kappa shape index (κ1) is 22.1. The van der Waals surface area contributed by atoms with Crippen molar-refractivity contribution in [1.29, 1.82) is 0 Å². The Labute approximate surface area is 156 Å². The molecule has 0 aliphatic heterocycles. The van der Waals surface area contributed by atoms with Gasteiger partial charge in [0.25, 0.3) is 5.91 Å². The molecule has 9 nitrogen and oxygen atoms in total. The van der Waals surface area contributed by atoms with Crippen LogP contribution in [0, 0.1) is 11.8 Å². The molecule has 0 unspecified atom stereocenters. The molecule has 0 saturated carbocycles. The number of benzene rings is 1. The predicted octanol–water partition coefficient (Wildman–Crippen LogP) is 0.542. The number of hydrogen-bond donors (Lipinski definition) is 2. The van der Waals surface area contributed by atoms with E-state index in [-0.39, 0.29) is 0 Å². The summed E-state index contributed by atoms with van der Waals surface area (Å²) in [5.41, 5.74) is 0.520. The van der Waals surface area contributed by atoms with Crippen molar-refractivity contribution in [3.63, 3.8) is 0 Å². The molecule has 148 valence electrons. The van der Waals surface area contributed by atoms with Crippen molar-refractivity contribution in [3.05, 3.63) is 35.9 Å². The first-order valence-corrected chi connectivity index (χ1v) is 8.05. The van der Waals surface area contributed by atoms with Gasteiger partial charge in [0.1, 0.15) is 6.04 Å². The Morgan fingerprint density at radius 3 is 1.89 bits per heavy atom. The number of methoxy groups -OCH3 is 3. The van der Waals surface area contributed by atoms with Crippen molar-refractivity contribution < 1.29 is 38.5 Å². The summed E-state index contributed by atoms with van der Waals surface area (Å²) in [6.45, 7) is 1.34. The molecule has 0 heterocycles. The van der Waals surface area contributed by atoms with Gasteiger partial charge in [0, 0.05) is 13.0 Å². The van der Waals surface area contributed by atoms with Crippen LogP contribution in [0.2, 0.25) is 0 Å². The van der Waals surface area contributed by atoms with Crippen LogP contribution in [0.5, 0.6) is 0 Å². The summed E-state index contributed by atoms with van der Waals surface area (Å²) in [4.78, 5) is 48.1. The lowest BCUT2D eigenvalue weighted by Crippen LogP contribution is -2.51. The monoisotopic (exact) mass is 381 g/mol. The van der Waals surface area contributed by atoms with Crippen LogP contribution < -0.4 is 5.32 Å². The zero-order chi connectivity index (χ0) is 20.6. The minimum absolute atomic E-state index is 0.520. The molecule has 0 saturated heterocycles. The standard InChI is InChI=1S/C18H23NO8/c1-10(12(17(23)26-3)18(24)27-4)13(16(21)22)19-15(20)14(25-2)11-8-6-5-7-9-11/h5-10,12-14H,1-4H3,(H,19,20)(H,21,22)/t10-,13+,14-/m0/s1. The highest BCUT2D eigenvalue weighted by molar-refractivity contribution is 5.96. The second-order valence-corrected chi connectivity index (χ2v) is 5.73. The number of amides is 1. The molecule has 0 spiro atoms. The highest BCUT2D eigenvalue weighted by Gasteiger charge is 2.42. The lowest BCUT2D eigenvalue weighted by molar-refractivity contribution is -0.163. The Hall–Kier alpha value is -2.94. The minimum atomic E-state index is -1.55. The van der Waals surface area contributed by atoms with E-state index < -0.39 is 47.8 Å². The lowest BCUT2D eigenvalue weighted by atomic mass is 9.87. The number of carbonyl (C=O) groups is 4. The molecule has 3 atom stereocenters. The highest BCUT2D eigenvalue weighted by Crippen LogP contribution is 2.22. The largest absolute Gasteiger partial charge is 0.480 e. The fourth-order valence-corrected chi connectivity index (χ4v) is 2.64. The van der Waals surface area contributed by atoms with Gasteiger partial charge >= 0.3 is 17.9 Å². The van der Waals surface area contributed by atoms with Gasteiger partial charge in [-0.15, -0.1) is 0 Å². The summed E-state index contributed by atoms with van der Waals surface area (Å²) < 4.78 is 14.3. The van der Waals surface area contributed by atoms with Crippen LogP contribution in [0.1, 0.15) is 18.6 Å². The van der Waals surface area contributed by atoms with Crippen molar-refractivity contribution in [2.75, 3.05) is 21.3 Å². The number of carbonyl (C=O) groups excluding carboxylic acids is 3. The van der Waals surface area contributed by atoms with E-state index in [0.29, 0.717) is 5.56 Å². The third-order valence-corrected chi connectivity index (χ3v) is 4.10. The van der Waals surface area contributed by atoms with E-state index in [2.05, 4.69) is 14.8 Å². The molecule has 0 aliphatic carbocycles. The van der Waals surface area contributed by atoms with Crippen LogP contribution in [0.4, 0.5) is 0 Å². The number of rotatable bonds is 9. The van der Waals surface area contributed by atoms with Gasteiger partial charge in [-0.3, -0.25) is 14.4 Å². The van der Waals surface area contributed by atoms with E-state index in [9.17, 15) is 24.3 Å². The summed E-state index contributed by atoms with van der Waals surface area (Å²) in [6, 6.07) is 6.92. The van der Waals surface area contributed by atoms with Gasteiger partial charge in [-0.25, -0.2) is 4.79 Å². The minimum Gasteiger partial charge on any atom is -0.480 e. The fourth-order valence-electron chi connectivity index (χ4n) is 2.64. The second-order valence-electron chi connectivity index (χ2n) is 5.73. The predicted molar refractivity (Wildman–Crippen MR) is 92.4 cm³/mol. The van der Waals surface area contributed by atoms with Gasteiger partial charge in [0.2, 0.25) is 0 Å². The Balaban J connectivity index is 3.09. The average molecular weight is 381 g/mol. The first-order chi connectivity index (χ1) is 12.8. The van der Waals surface area contributed by atoms with Crippen LogP contribution in [-0.4, -0.2) is 56.3 Å². The summed E-state index contributed by atoms with van der Waals surface area (Å²) in [6.07, 6.45) is -1.06. The number of esters is 2. The molecule has 27 heavy (non-hydrogen) atoms. The topological polar surface area (TPSA) is 128 Å². The van der Waals surface area contributed by atoms with Gasteiger partial charge in [-0.1, -0.05) is 37.3 Å². The van der Waals surface area contributed by atoms with Crippen LogP contribution in [0.25, 0.3) is 0 Å². The van der Waals surface area contributed by atoms with Gasteiger partial charge in [-0.05, 0) is 5.56 Å². The molecule has 1 rings (SSSR count). The number of hydrogen-bond acceptors (Lipinski definition) is 7. The molecule has 0 aromatic heterocycles. The normalized spacial score (nSPS) is 14.0. The second kappa shape index (κ2) is 10.3. The third kappa shape index (κ3) is 5.52. The maximum Gasteiger partial charge on any atom is 0.326 e. The van der Waals surface area contributed by atoms with E-state index in [4.69, 9.17) is 4.74 Å². The van der Waals surface area contributed by atoms with Crippen molar-refractivity contribution in [2.24, 2.45) is 11.8 Å². The molecular formula is C18H23NO8. The SMILES string of the molecule is COC(=O)C(C(=O)OC)[C@H](C)[C@@H](NC(=O)[C@@H](OC)c1ccccc1)C(=O)O. The number of ether oxygens (including phenoxy) is 3. The molecule has 2 N–H and O–H groups in total. The number of nitrogens with one attached hydrogen (secondary N) is 1. The molecule has 1 amide bonds. The van der Waals surface area contributed by atoms with Gasteiger partial charge in [0.05, 0.1) is 14.2 Å². The Morgan fingerprint density at radius 2 is 1.48 bits per heavy atom. The van der Waals surface area contributed by atoms with Crippen LogP contribution in [0.15, 0.2) is 30.3 Å². The Morgan fingerprint density at radius 1 is 0.963 bits per heavy atom. The maximum absolute atomic E-state index is 12.6. The quantitative estimate of drug-likeness (QED) is 0.469. The third-order valence-electron chi connectivity index (χ3n) is 4.10. The zero-order valence-electron chi connectivity index (χ0n) is 15.5. The summed E-state index contributed by atoms with van der Waals surface area (Å²) >= 11 is 0. The van der Waals surface area contributed by atoms with Gasteiger partial charge in [0.15, 0.2) is 12.0 Å². The van der Waals surface area contributed by atoms with Gasteiger partial charge < -0.3 is 24.6 Å². The molecule has 0 aliphatic rings. The van der Waals surface area contributed by atoms with E-state index in [0.717, 1.165) is 14.2 Å². The van der Waals surface area contributed by atoms with Crippen LogP contribution in [0.3, 0.4) is 0 Å². The van der Waals surface area contributed by atoms with Crippen molar-refractivity contribution >= 4 is 23.8 Å². The zero-order valence-corrected chi connectivity index (χ0v) is 15.5. The van der Waals surface area contributed by atoms with E-state index in [1.165, 1.54) is 14.0 Å². The fraction of sp³-hybridized carbons (Fsp3) is 0.444.